The first kappa shape index (κ1) is 21.7. The smallest absolute Gasteiger partial charge is 0.319 e. The second-order valence-corrected chi connectivity index (χ2v) is 7.58. The van der Waals surface area contributed by atoms with Gasteiger partial charge in [-0.15, -0.1) is 0 Å². The van der Waals surface area contributed by atoms with Gasteiger partial charge in [0.25, 0.3) is 5.91 Å². The van der Waals surface area contributed by atoms with Crippen molar-refractivity contribution in [3.05, 3.63) is 65.2 Å². The van der Waals surface area contributed by atoms with Crippen LogP contribution < -0.4 is 10.6 Å². The number of methoxy groups -OCH3 is 1. The van der Waals surface area contributed by atoms with Crippen LogP contribution in [0.25, 0.3) is 0 Å². The zero-order valence-corrected chi connectivity index (χ0v) is 17.0. The van der Waals surface area contributed by atoms with Crippen molar-refractivity contribution in [3.63, 3.8) is 0 Å². The number of ether oxygens (including phenoxy) is 1. The Morgan fingerprint density at radius 2 is 1.97 bits per heavy atom. The number of carbonyl (C=O) groups excluding carboxylic acids is 2. The summed E-state index contributed by atoms with van der Waals surface area (Å²) in [5.41, 5.74) is 1.08. The van der Waals surface area contributed by atoms with Crippen LogP contribution in [0.3, 0.4) is 0 Å². The first-order chi connectivity index (χ1) is 14.3. The molecule has 0 bridgehead atoms. The fourth-order valence-corrected chi connectivity index (χ4v) is 3.65. The van der Waals surface area contributed by atoms with Gasteiger partial charge in [-0.1, -0.05) is 12.1 Å². The SMILES string of the molecule is COCCC1(NC(=O)Nc2cccc(C)c2)CCN(C(=O)c2ccc(F)c(F)c2)C1. The predicted octanol–water partition coefficient (Wildman–Crippen LogP) is 3.72. The second kappa shape index (κ2) is 9.21. The number of aryl methyl sites for hydroxylation is 1. The zero-order valence-electron chi connectivity index (χ0n) is 17.0. The van der Waals surface area contributed by atoms with E-state index < -0.39 is 23.1 Å². The molecule has 1 aliphatic rings. The van der Waals surface area contributed by atoms with E-state index in [1.54, 1.807) is 13.2 Å². The van der Waals surface area contributed by atoms with Crippen LogP contribution in [0.4, 0.5) is 19.3 Å². The van der Waals surface area contributed by atoms with Crippen molar-refractivity contribution in [1.29, 1.82) is 0 Å². The number of carbonyl (C=O) groups is 2. The van der Waals surface area contributed by atoms with E-state index in [1.165, 1.54) is 11.0 Å². The zero-order chi connectivity index (χ0) is 21.7. The monoisotopic (exact) mass is 417 g/mol. The highest BCUT2D eigenvalue weighted by atomic mass is 19.2. The molecule has 0 aromatic heterocycles. The van der Waals surface area contributed by atoms with E-state index in [4.69, 9.17) is 4.74 Å². The molecule has 3 rings (SSSR count). The molecule has 160 valence electrons. The number of hydrogen-bond donors (Lipinski definition) is 2. The molecule has 2 N–H and O–H groups in total. The number of likely N-dealkylation sites (tertiary alicyclic amines) is 1. The average molecular weight is 417 g/mol. The number of benzene rings is 2. The molecule has 0 spiro atoms. The molecule has 1 fully saturated rings. The maximum absolute atomic E-state index is 13.5. The third-order valence-electron chi connectivity index (χ3n) is 5.25. The highest BCUT2D eigenvalue weighted by Gasteiger charge is 2.41. The third kappa shape index (κ3) is 5.13. The fraction of sp³-hybridized carbons (Fsp3) is 0.364. The Hall–Kier alpha value is -3.00. The van der Waals surface area contributed by atoms with Crippen LogP contribution in [0.15, 0.2) is 42.5 Å². The number of nitrogens with zero attached hydrogens (tertiary/aromatic N) is 1. The van der Waals surface area contributed by atoms with Gasteiger partial charge in [-0.05, 0) is 55.7 Å². The number of urea groups is 1. The first-order valence-corrected chi connectivity index (χ1v) is 9.71. The molecule has 30 heavy (non-hydrogen) atoms. The Balaban J connectivity index is 1.71. The Morgan fingerprint density at radius 1 is 1.17 bits per heavy atom. The lowest BCUT2D eigenvalue weighted by molar-refractivity contribution is 0.0772. The van der Waals surface area contributed by atoms with E-state index in [9.17, 15) is 18.4 Å². The second-order valence-electron chi connectivity index (χ2n) is 7.58. The molecule has 6 nitrogen and oxygen atoms in total. The highest BCUT2D eigenvalue weighted by Crippen LogP contribution is 2.27. The van der Waals surface area contributed by atoms with Crippen LogP contribution in [0.1, 0.15) is 28.8 Å². The van der Waals surface area contributed by atoms with Crippen molar-refractivity contribution in [2.24, 2.45) is 0 Å². The Labute approximate surface area is 174 Å². The summed E-state index contributed by atoms with van der Waals surface area (Å²) in [6.45, 7) is 2.96. The first-order valence-electron chi connectivity index (χ1n) is 9.71. The summed E-state index contributed by atoms with van der Waals surface area (Å²) >= 11 is 0. The number of rotatable bonds is 6. The van der Waals surface area contributed by atoms with Crippen molar-refractivity contribution in [1.82, 2.24) is 10.2 Å². The van der Waals surface area contributed by atoms with Gasteiger partial charge in [0.2, 0.25) is 0 Å². The average Bonchev–Trinajstić information content (AvgIpc) is 3.12. The predicted molar refractivity (Wildman–Crippen MR) is 109 cm³/mol. The molecule has 0 radical (unpaired) electrons. The quantitative estimate of drug-likeness (QED) is 0.753. The standard InChI is InChI=1S/C22H25F2N3O3/c1-15-4-3-5-17(12-15)25-21(29)26-22(9-11-30-2)8-10-27(14-22)20(28)16-6-7-18(23)19(24)13-16/h3-7,12-13H,8-11,14H2,1-2H3,(H2,25,26,29). The summed E-state index contributed by atoms with van der Waals surface area (Å²) in [6.07, 6.45) is 1.03. The maximum atomic E-state index is 13.5. The summed E-state index contributed by atoms with van der Waals surface area (Å²) < 4.78 is 31.9. The molecule has 3 amide bonds. The van der Waals surface area contributed by atoms with Crippen LogP contribution in [0.5, 0.6) is 0 Å². The normalized spacial score (nSPS) is 18.3. The Bertz CT molecular complexity index is 938. The van der Waals surface area contributed by atoms with E-state index in [0.29, 0.717) is 31.7 Å². The lowest BCUT2D eigenvalue weighted by Crippen LogP contribution is -2.53. The van der Waals surface area contributed by atoms with Crippen molar-refractivity contribution in [2.75, 3.05) is 32.1 Å². The largest absolute Gasteiger partial charge is 0.385 e. The molecule has 0 saturated carbocycles. The number of halogens is 2. The molecule has 1 unspecified atom stereocenters. The van der Waals surface area contributed by atoms with Gasteiger partial charge >= 0.3 is 6.03 Å². The molecule has 1 atom stereocenters. The molecular formula is C22H25F2N3O3. The van der Waals surface area contributed by atoms with E-state index in [-0.39, 0.29) is 18.1 Å². The molecule has 2 aromatic rings. The van der Waals surface area contributed by atoms with Gasteiger partial charge in [0, 0.05) is 38.1 Å². The Kier molecular flexibility index (Phi) is 6.66. The fourth-order valence-electron chi connectivity index (χ4n) is 3.65. The topological polar surface area (TPSA) is 70.7 Å². The summed E-state index contributed by atoms with van der Waals surface area (Å²) in [7, 11) is 1.57. The minimum Gasteiger partial charge on any atom is -0.385 e. The van der Waals surface area contributed by atoms with E-state index >= 15 is 0 Å². The van der Waals surface area contributed by atoms with Crippen LogP contribution in [-0.2, 0) is 4.74 Å². The van der Waals surface area contributed by atoms with Crippen LogP contribution in [0.2, 0.25) is 0 Å². The van der Waals surface area contributed by atoms with Crippen molar-refractivity contribution in [3.8, 4) is 0 Å². The summed E-state index contributed by atoms with van der Waals surface area (Å²) in [4.78, 5) is 26.9. The van der Waals surface area contributed by atoms with Gasteiger partial charge in [0.15, 0.2) is 11.6 Å². The van der Waals surface area contributed by atoms with Gasteiger partial charge in [0.1, 0.15) is 0 Å². The van der Waals surface area contributed by atoms with Gasteiger partial charge in [0.05, 0.1) is 5.54 Å². The van der Waals surface area contributed by atoms with Crippen LogP contribution in [0, 0.1) is 18.6 Å². The molecular weight excluding hydrogens is 392 g/mol. The number of amides is 3. The maximum Gasteiger partial charge on any atom is 0.319 e. The molecule has 1 saturated heterocycles. The minimum absolute atomic E-state index is 0.0700. The molecule has 0 aliphatic carbocycles. The number of hydrogen-bond acceptors (Lipinski definition) is 3. The number of anilines is 1. The van der Waals surface area contributed by atoms with Gasteiger partial charge in [-0.25, -0.2) is 13.6 Å². The highest BCUT2D eigenvalue weighted by molar-refractivity contribution is 5.95. The Morgan fingerprint density at radius 3 is 2.67 bits per heavy atom. The van der Waals surface area contributed by atoms with E-state index in [0.717, 1.165) is 17.7 Å². The molecule has 2 aromatic carbocycles. The summed E-state index contributed by atoms with van der Waals surface area (Å²) in [5.74, 6) is -2.48. The molecule has 1 aliphatic heterocycles. The third-order valence-corrected chi connectivity index (χ3v) is 5.25. The lowest BCUT2D eigenvalue weighted by atomic mass is 9.94. The summed E-state index contributed by atoms with van der Waals surface area (Å²) in [5, 5.41) is 5.81. The van der Waals surface area contributed by atoms with Crippen LogP contribution in [-0.4, -0.2) is 49.2 Å². The van der Waals surface area contributed by atoms with Crippen molar-refractivity contribution >= 4 is 17.6 Å². The van der Waals surface area contributed by atoms with Crippen molar-refractivity contribution < 1.29 is 23.1 Å². The van der Waals surface area contributed by atoms with Crippen LogP contribution >= 0.6 is 0 Å². The van der Waals surface area contributed by atoms with E-state index in [2.05, 4.69) is 10.6 Å². The van der Waals surface area contributed by atoms with Gasteiger partial charge in [-0.2, -0.15) is 0 Å². The van der Waals surface area contributed by atoms with Crippen molar-refractivity contribution in [2.45, 2.75) is 25.3 Å². The molecule has 1 heterocycles. The van der Waals surface area contributed by atoms with Gasteiger partial charge in [-0.3, -0.25) is 4.79 Å². The van der Waals surface area contributed by atoms with E-state index in [1.807, 2.05) is 25.1 Å². The number of nitrogens with one attached hydrogen (secondary N) is 2. The summed E-state index contributed by atoms with van der Waals surface area (Å²) in [6, 6.07) is 10.1. The molecule has 8 heteroatoms. The van der Waals surface area contributed by atoms with Gasteiger partial charge < -0.3 is 20.3 Å². The minimum atomic E-state index is -1.07. The lowest BCUT2D eigenvalue weighted by Gasteiger charge is -2.30.